The quantitative estimate of drug-likeness (QED) is 0.838. The van der Waals surface area contributed by atoms with Gasteiger partial charge in [0.25, 0.3) is 5.91 Å². The van der Waals surface area contributed by atoms with Crippen LogP contribution in [0.15, 0.2) is 22.9 Å². The zero-order valence-electron chi connectivity index (χ0n) is 8.37. The molecule has 3 nitrogen and oxygen atoms in total. The van der Waals surface area contributed by atoms with Crippen LogP contribution >= 0.6 is 15.9 Å². The van der Waals surface area contributed by atoms with E-state index in [1.165, 1.54) is 12.8 Å². The summed E-state index contributed by atoms with van der Waals surface area (Å²) in [7, 11) is 0. The monoisotopic (exact) mass is 268 g/mol. The maximum absolute atomic E-state index is 11.8. The zero-order chi connectivity index (χ0) is 10.7. The van der Waals surface area contributed by atoms with Crippen LogP contribution in [-0.2, 0) is 0 Å². The molecule has 0 unspecified atom stereocenters. The molecule has 0 spiro atoms. The lowest BCUT2D eigenvalue weighted by atomic mass is 10.2. The van der Waals surface area contributed by atoms with Gasteiger partial charge in [-0.05, 0) is 40.9 Å². The minimum atomic E-state index is 0.00463. The lowest BCUT2D eigenvalue weighted by Gasteiger charge is -2.11. The van der Waals surface area contributed by atoms with Gasteiger partial charge in [-0.15, -0.1) is 0 Å². The highest BCUT2D eigenvalue weighted by molar-refractivity contribution is 9.10. The molecule has 0 saturated heterocycles. The van der Waals surface area contributed by atoms with Crippen molar-refractivity contribution in [2.45, 2.75) is 31.7 Å². The molecular formula is C11H13BrN2O. The lowest BCUT2D eigenvalue weighted by molar-refractivity contribution is 0.0937. The molecule has 1 aromatic rings. The van der Waals surface area contributed by atoms with Crippen LogP contribution in [0.5, 0.6) is 0 Å². The predicted molar refractivity (Wildman–Crippen MR) is 61.7 cm³/mol. The minimum absolute atomic E-state index is 0.00463. The summed E-state index contributed by atoms with van der Waals surface area (Å²) in [6.07, 6.45) is 6.31. The number of hydrogen-bond donors (Lipinski definition) is 1. The molecule has 0 atom stereocenters. The molecule has 1 heterocycles. The van der Waals surface area contributed by atoms with Gasteiger partial charge in [0.15, 0.2) is 0 Å². The Labute approximate surface area is 97.4 Å². The molecular weight excluding hydrogens is 256 g/mol. The highest BCUT2D eigenvalue weighted by Gasteiger charge is 2.17. The number of pyridine rings is 1. The number of aromatic nitrogens is 1. The Balaban J connectivity index is 2.01. The van der Waals surface area contributed by atoms with Crippen molar-refractivity contribution in [3.63, 3.8) is 0 Å². The third-order valence-corrected chi connectivity index (χ3v) is 3.11. The fourth-order valence-electron chi connectivity index (χ4n) is 1.88. The first-order valence-corrected chi connectivity index (χ1v) is 5.97. The van der Waals surface area contributed by atoms with Gasteiger partial charge in [0.05, 0.1) is 0 Å². The topological polar surface area (TPSA) is 42.0 Å². The third-order valence-electron chi connectivity index (χ3n) is 2.68. The first-order chi connectivity index (χ1) is 7.25. The summed E-state index contributed by atoms with van der Waals surface area (Å²) in [5.74, 6) is 0.00463. The SMILES string of the molecule is O=C(NC1CCCC1)c1ccnc(Br)c1. The highest BCUT2D eigenvalue weighted by Crippen LogP contribution is 2.18. The molecule has 15 heavy (non-hydrogen) atoms. The number of carbonyl (C=O) groups is 1. The fourth-order valence-corrected chi connectivity index (χ4v) is 2.25. The van der Waals surface area contributed by atoms with Crippen LogP contribution in [0.3, 0.4) is 0 Å². The number of nitrogens with one attached hydrogen (secondary N) is 1. The summed E-state index contributed by atoms with van der Waals surface area (Å²) in [5, 5.41) is 3.03. The largest absolute Gasteiger partial charge is 0.349 e. The molecule has 1 fully saturated rings. The van der Waals surface area contributed by atoms with E-state index in [1.54, 1.807) is 18.3 Å². The molecule has 0 radical (unpaired) electrons. The number of nitrogens with zero attached hydrogens (tertiary/aromatic N) is 1. The Hall–Kier alpha value is -0.900. The Morgan fingerprint density at radius 3 is 2.87 bits per heavy atom. The van der Waals surface area contributed by atoms with E-state index < -0.39 is 0 Å². The Morgan fingerprint density at radius 1 is 1.47 bits per heavy atom. The molecule has 1 aliphatic carbocycles. The van der Waals surface area contributed by atoms with Crippen molar-refractivity contribution < 1.29 is 4.79 Å². The van der Waals surface area contributed by atoms with E-state index in [1.807, 2.05) is 0 Å². The Kier molecular flexibility index (Phi) is 3.36. The van der Waals surface area contributed by atoms with E-state index in [4.69, 9.17) is 0 Å². The molecule has 1 aromatic heterocycles. The molecule has 0 aromatic carbocycles. The van der Waals surface area contributed by atoms with Gasteiger partial charge in [-0.3, -0.25) is 4.79 Å². The first-order valence-electron chi connectivity index (χ1n) is 5.18. The van der Waals surface area contributed by atoms with Crippen molar-refractivity contribution in [1.82, 2.24) is 10.3 Å². The molecule has 1 amide bonds. The first kappa shape index (κ1) is 10.6. The Bertz CT molecular complexity index is 361. The van der Waals surface area contributed by atoms with Gasteiger partial charge in [0, 0.05) is 17.8 Å². The van der Waals surface area contributed by atoms with Crippen molar-refractivity contribution in [2.75, 3.05) is 0 Å². The van der Waals surface area contributed by atoms with E-state index >= 15 is 0 Å². The molecule has 0 aliphatic heterocycles. The smallest absolute Gasteiger partial charge is 0.251 e. The van der Waals surface area contributed by atoms with Crippen LogP contribution in [0.4, 0.5) is 0 Å². The molecule has 4 heteroatoms. The normalized spacial score (nSPS) is 16.6. The second-order valence-electron chi connectivity index (χ2n) is 3.82. The van der Waals surface area contributed by atoms with Crippen LogP contribution < -0.4 is 5.32 Å². The summed E-state index contributed by atoms with van der Waals surface area (Å²) in [6.45, 7) is 0. The molecule has 1 saturated carbocycles. The summed E-state index contributed by atoms with van der Waals surface area (Å²) in [4.78, 5) is 15.8. The van der Waals surface area contributed by atoms with Crippen molar-refractivity contribution in [3.05, 3.63) is 28.5 Å². The average Bonchev–Trinajstić information content (AvgIpc) is 2.70. The van der Waals surface area contributed by atoms with E-state index in [9.17, 15) is 4.79 Å². The van der Waals surface area contributed by atoms with Crippen LogP contribution in [0.25, 0.3) is 0 Å². The summed E-state index contributed by atoms with van der Waals surface area (Å²) < 4.78 is 0.696. The van der Waals surface area contributed by atoms with E-state index in [0.29, 0.717) is 16.2 Å². The van der Waals surface area contributed by atoms with Crippen molar-refractivity contribution in [1.29, 1.82) is 0 Å². The summed E-state index contributed by atoms with van der Waals surface area (Å²) in [6, 6.07) is 3.84. The van der Waals surface area contributed by atoms with Crippen LogP contribution in [0.1, 0.15) is 36.0 Å². The van der Waals surface area contributed by atoms with Gasteiger partial charge in [0.2, 0.25) is 0 Å². The zero-order valence-corrected chi connectivity index (χ0v) is 9.96. The maximum atomic E-state index is 11.8. The van der Waals surface area contributed by atoms with Gasteiger partial charge >= 0.3 is 0 Å². The van der Waals surface area contributed by atoms with Gasteiger partial charge in [0.1, 0.15) is 4.60 Å². The van der Waals surface area contributed by atoms with E-state index in [0.717, 1.165) is 12.8 Å². The number of hydrogen-bond acceptors (Lipinski definition) is 2. The predicted octanol–water partition coefficient (Wildman–Crippen LogP) is 2.52. The summed E-state index contributed by atoms with van der Waals surface area (Å²) >= 11 is 3.25. The number of amides is 1. The minimum Gasteiger partial charge on any atom is -0.349 e. The average molecular weight is 269 g/mol. The van der Waals surface area contributed by atoms with E-state index in [2.05, 4.69) is 26.2 Å². The van der Waals surface area contributed by atoms with Gasteiger partial charge in [-0.1, -0.05) is 12.8 Å². The second kappa shape index (κ2) is 4.75. The molecule has 1 N–H and O–H groups in total. The maximum Gasteiger partial charge on any atom is 0.251 e. The number of carbonyl (C=O) groups excluding carboxylic acids is 1. The van der Waals surface area contributed by atoms with Crippen LogP contribution in [0.2, 0.25) is 0 Å². The van der Waals surface area contributed by atoms with Crippen LogP contribution in [0, 0.1) is 0 Å². The lowest BCUT2D eigenvalue weighted by Crippen LogP contribution is -2.32. The van der Waals surface area contributed by atoms with Crippen molar-refractivity contribution in [2.24, 2.45) is 0 Å². The van der Waals surface area contributed by atoms with Gasteiger partial charge < -0.3 is 5.32 Å². The number of halogens is 1. The standard InChI is InChI=1S/C11H13BrN2O/c12-10-7-8(5-6-13-10)11(15)14-9-3-1-2-4-9/h5-7,9H,1-4H2,(H,14,15). The van der Waals surface area contributed by atoms with Gasteiger partial charge in [-0.2, -0.15) is 0 Å². The van der Waals surface area contributed by atoms with Crippen molar-refractivity contribution >= 4 is 21.8 Å². The fraction of sp³-hybridized carbons (Fsp3) is 0.455. The van der Waals surface area contributed by atoms with Gasteiger partial charge in [-0.25, -0.2) is 4.98 Å². The number of rotatable bonds is 2. The Morgan fingerprint density at radius 2 is 2.20 bits per heavy atom. The molecule has 2 rings (SSSR count). The van der Waals surface area contributed by atoms with Crippen LogP contribution in [-0.4, -0.2) is 16.9 Å². The second-order valence-corrected chi connectivity index (χ2v) is 4.63. The van der Waals surface area contributed by atoms with Crippen molar-refractivity contribution in [3.8, 4) is 0 Å². The molecule has 1 aliphatic rings. The molecule has 80 valence electrons. The molecule has 0 bridgehead atoms. The summed E-state index contributed by atoms with van der Waals surface area (Å²) in [5.41, 5.74) is 0.670. The third kappa shape index (κ3) is 2.78. The van der Waals surface area contributed by atoms with E-state index in [-0.39, 0.29) is 5.91 Å². The highest BCUT2D eigenvalue weighted by atomic mass is 79.9.